The van der Waals surface area contributed by atoms with E-state index < -0.39 is 17.8 Å². The molecule has 4 aromatic carbocycles. The maximum absolute atomic E-state index is 15.3. The summed E-state index contributed by atoms with van der Waals surface area (Å²) in [6.45, 7) is 2.54. The van der Waals surface area contributed by atoms with Gasteiger partial charge in [-0.1, -0.05) is 97.1 Å². The molecule has 172 valence electrons. The molecular weight excluding hydrogens is 425 g/mol. The molecular formula is C30H28FNO2. The molecule has 0 fully saturated rings. The van der Waals surface area contributed by atoms with Gasteiger partial charge in [0.25, 0.3) is 0 Å². The van der Waals surface area contributed by atoms with Crippen LogP contribution in [-0.4, -0.2) is 16.0 Å². The first-order valence-electron chi connectivity index (χ1n) is 11.4. The van der Waals surface area contributed by atoms with E-state index in [1.807, 2.05) is 97.9 Å². The molecule has 0 aliphatic rings. The van der Waals surface area contributed by atoms with Crippen LogP contribution in [0.3, 0.4) is 0 Å². The van der Waals surface area contributed by atoms with E-state index in [1.54, 1.807) is 12.1 Å². The first-order valence-corrected chi connectivity index (χ1v) is 11.4. The number of nitrogens with zero attached hydrogens (tertiary/aromatic N) is 1. The first-order chi connectivity index (χ1) is 16.5. The predicted molar refractivity (Wildman–Crippen MR) is 134 cm³/mol. The lowest BCUT2D eigenvalue weighted by Gasteiger charge is -2.37. The minimum atomic E-state index is -0.965. The fourth-order valence-electron chi connectivity index (χ4n) is 4.41. The van der Waals surface area contributed by atoms with Gasteiger partial charge in [0.1, 0.15) is 5.82 Å². The summed E-state index contributed by atoms with van der Waals surface area (Å²) in [7, 11) is 0. The van der Waals surface area contributed by atoms with Crippen molar-refractivity contribution in [3.63, 3.8) is 0 Å². The monoisotopic (exact) mass is 453 g/mol. The molecule has 0 bridgehead atoms. The Kier molecular flexibility index (Phi) is 7.51. The second-order valence-corrected chi connectivity index (χ2v) is 8.46. The number of rotatable bonds is 9. The Morgan fingerprint density at radius 2 is 1.41 bits per heavy atom. The summed E-state index contributed by atoms with van der Waals surface area (Å²) in [5.41, 5.74) is 4.30. The molecule has 0 aromatic heterocycles. The number of halogens is 1. The molecule has 34 heavy (non-hydrogen) atoms. The lowest BCUT2D eigenvalue weighted by atomic mass is 9.93. The lowest BCUT2D eigenvalue weighted by Crippen LogP contribution is -2.33. The zero-order valence-corrected chi connectivity index (χ0v) is 19.1. The highest BCUT2D eigenvalue weighted by molar-refractivity contribution is 5.69. The van der Waals surface area contributed by atoms with Crippen LogP contribution in [-0.2, 0) is 11.3 Å². The van der Waals surface area contributed by atoms with Gasteiger partial charge in [-0.05, 0) is 41.3 Å². The van der Waals surface area contributed by atoms with E-state index in [9.17, 15) is 9.90 Å². The molecule has 0 radical (unpaired) electrons. The molecule has 0 aliphatic carbocycles. The minimum Gasteiger partial charge on any atom is -0.481 e. The van der Waals surface area contributed by atoms with Gasteiger partial charge in [0, 0.05) is 24.2 Å². The Balaban J connectivity index is 1.82. The topological polar surface area (TPSA) is 40.5 Å². The van der Waals surface area contributed by atoms with Crippen LogP contribution in [0.2, 0.25) is 0 Å². The van der Waals surface area contributed by atoms with Gasteiger partial charge in [0.05, 0.1) is 6.42 Å². The number of hydrogen-bond donors (Lipinski definition) is 1. The van der Waals surface area contributed by atoms with Gasteiger partial charge in [-0.15, -0.1) is 0 Å². The number of carboxylic acid groups (broad SMARTS) is 1. The van der Waals surface area contributed by atoms with Gasteiger partial charge in [-0.2, -0.15) is 0 Å². The fourth-order valence-corrected chi connectivity index (χ4v) is 4.41. The summed E-state index contributed by atoms with van der Waals surface area (Å²) in [6, 6.07) is 33.8. The van der Waals surface area contributed by atoms with E-state index in [0.717, 1.165) is 22.3 Å². The zero-order chi connectivity index (χ0) is 23.9. The maximum atomic E-state index is 15.3. The Labute approximate surface area is 200 Å². The van der Waals surface area contributed by atoms with Crippen LogP contribution in [0.25, 0.3) is 11.1 Å². The largest absolute Gasteiger partial charge is 0.481 e. The van der Waals surface area contributed by atoms with Crippen LogP contribution in [0.15, 0.2) is 109 Å². The second-order valence-electron chi connectivity index (χ2n) is 8.46. The van der Waals surface area contributed by atoms with Crippen LogP contribution in [0.5, 0.6) is 0 Å². The molecule has 4 rings (SSSR count). The summed E-state index contributed by atoms with van der Waals surface area (Å²) in [5, 5.41) is 9.84. The van der Waals surface area contributed by atoms with Gasteiger partial charge in [-0.25, -0.2) is 4.39 Å². The highest BCUT2D eigenvalue weighted by Gasteiger charge is 2.30. The predicted octanol–water partition coefficient (Wildman–Crippen LogP) is 7.27. The minimum absolute atomic E-state index is 0.134. The van der Waals surface area contributed by atoms with E-state index in [2.05, 4.69) is 4.90 Å². The molecule has 0 amide bonds. The molecule has 4 aromatic rings. The van der Waals surface area contributed by atoms with Crippen molar-refractivity contribution >= 4 is 5.97 Å². The summed E-state index contributed by atoms with van der Waals surface area (Å²) >= 11 is 0. The van der Waals surface area contributed by atoms with Crippen molar-refractivity contribution in [3.8, 4) is 11.1 Å². The van der Waals surface area contributed by atoms with Crippen molar-refractivity contribution in [2.45, 2.75) is 32.0 Å². The molecule has 0 saturated heterocycles. The standard InChI is InChI=1S/C30H28FNO2/c1-22(24-13-7-3-8-14-24)32(21-23-11-5-2-6-12-23)29(20-30(33)34)27-19-26(17-18-28(27)31)25-15-9-4-10-16-25/h2-19,22,29H,20-21H2,1H3,(H,33,34)/t22-,29?/m1/s1. The first kappa shape index (κ1) is 23.4. The number of hydrogen-bond acceptors (Lipinski definition) is 2. The summed E-state index contributed by atoms with van der Waals surface area (Å²) in [6.07, 6.45) is -0.209. The maximum Gasteiger partial charge on any atom is 0.305 e. The van der Waals surface area contributed by atoms with Crippen molar-refractivity contribution in [1.29, 1.82) is 0 Å². The third kappa shape index (κ3) is 5.59. The average molecular weight is 454 g/mol. The third-order valence-corrected chi connectivity index (χ3v) is 6.22. The second kappa shape index (κ2) is 10.9. The van der Waals surface area contributed by atoms with Gasteiger partial charge in [0.15, 0.2) is 0 Å². The number of carbonyl (C=O) groups is 1. The molecule has 0 heterocycles. The van der Waals surface area contributed by atoms with Crippen molar-refractivity contribution < 1.29 is 14.3 Å². The van der Waals surface area contributed by atoms with E-state index in [1.165, 1.54) is 6.07 Å². The molecule has 0 spiro atoms. The lowest BCUT2D eigenvalue weighted by molar-refractivity contribution is -0.138. The summed E-state index contributed by atoms with van der Waals surface area (Å²) < 4.78 is 15.3. The Hall–Kier alpha value is -3.76. The highest BCUT2D eigenvalue weighted by Crippen LogP contribution is 2.37. The molecule has 0 aliphatic heterocycles. The normalized spacial score (nSPS) is 12.9. The molecule has 1 unspecified atom stereocenters. The highest BCUT2D eigenvalue weighted by atomic mass is 19.1. The van der Waals surface area contributed by atoms with E-state index >= 15 is 4.39 Å². The number of carboxylic acids is 1. The smallest absolute Gasteiger partial charge is 0.305 e. The van der Waals surface area contributed by atoms with E-state index in [0.29, 0.717) is 12.1 Å². The van der Waals surface area contributed by atoms with Gasteiger partial charge >= 0.3 is 5.97 Å². The molecule has 2 atom stereocenters. The van der Waals surface area contributed by atoms with E-state index in [4.69, 9.17) is 0 Å². The fraction of sp³-hybridized carbons (Fsp3) is 0.167. The molecule has 0 saturated carbocycles. The van der Waals surface area contributed by atoms with Gasteiger partial charge in [0.2, 0.25) is 0 Å². The van der Waals surface area contributed by atoms with Crippen molar-refractivity contribution in [2.75, 3.05) is 0 Å². The van der Waals surface area contributed by atoms with Crippen molar-refractivity contribution in [2.24, 2.45) is 0 Å². The van der Waals surface area contributed by atoms with Crippen LogP contribution in [0.4, 0.5) is 4.39 Å². The van der Waals surface area contributed by atoms with Crippen molar-refractivity contribution in [1.82, 2.24) is 4.90 Å². The summed E-state index contributed by atoms with van der Waals surface area (Å²) in [5.74, 6) is -1.36. The quantitative estimate of drug-likeness (QED) is 0.290. The Morgan fingerprint density at radius 3 is 2.03 bits per heavy atom. The Morgan fingerprint density at radius 1 is 0.824 bits per heavy atom. The van der Waals surface area contributed by atoms with Crippen LogP contribution in [0.1, 0.15) is 42.1 Å². The average Bonchev–Trinajstić information content (AvgIpc) is 2.87. The van der Waals surface area contributed by atoms with Crippen molar-refractivity contribution in [3.05, 3.63) is 132 Å². The van der Waals surface area contributed by atoms with Crippen LogP contribution < -0.4 is 0 Å². The summed E-state index contributed by atoms with van der Waals surface area (Å²) in [4.78, 5) is 14.1. The van der Waals surface area contributed by atoms with Gasteiger partial charge < -0.3 is 5.11 Å². The van der Waals surface area contributed by atoms with Crippen LogP contribution in [0, 0.1) is 5.82 Å². The molecule has 3 nitrogen and oxygen atoms in total. The SMILES string of the molecule is C[C@H](c1ccccc1)N(Cc1ccccc1)C(CC(=O)O)c1cc(-c2ccccc2)ccc1F. The van der Waals surface area contributed by atoms with E-state index in [-0.39, 0.29) is 12.5 Å². The third-order valence-electron chi connectivity index (χ3n) is 6.22. The zero-order valence-electron chi connectivity index (χ0n) is 19.1. The number of benzene rings is 4. The number of aliphatic carboxylic acids is 1. The molecule has 4 heteroatoms. The Bertz CT molecular complexity index is 1210. The van der Waals surface area contributed by atoms with Gasteiger partial charge in [-0.3, -0.25) is 9.69 Å². The molecule has 1 N–H and O–H groups in total. The van der Waals surface area contributed by atoms with Crippen LogP contribution >= 0.6 is 0 Å².